The Bertz CT molecular complexity index is 1390. The fourth-order valence-corrected chi connectivity index (χ4v) is 4.77. The predicted octanol–water partition coefficient (Wildman–Crippen LogP) is 0.142. The summed E-state index contributed by atoms with van der Waals surface area (Å²) in [6.07, 6.45) is -1.99. The maximum Gasteiger partial charge on any atom is 0.395 e. The summed E-state index contributed by atoms with van der Waals surface area (Å²) in [4.78, 5) is 32.0. The number of nitrogen functional groups attached to an aromatic ring is 1. The van der Waals surface area contributed by atoms with Crippen molar-refractivity contribution in [3.8, 4) is 11.5 Å². The van der Waals surface area contributed by atoms with Crippen molar-refractivity contribution >= 4 is 48.2 Å². The second-order valence-electron chi connectivity index (χ2n) is 8.22. The quantitative estimate of drug-likeness (QED) is 0.155. The third kappa shape index (κ3) is 5.53. The highest BCUT2D eigenvalue weighted by molar-refractivity contribution is 7.80. The number of thiocarbonyl (C=S) groups is 1. The Morgan fingerprint density at radius 3 is 2.71 bits per heavy atom. The van der Waals surface area contributed by atoms with Gasteiger partial charge in [-0.1, -0.05) is 29.1 Å². The van der Waals surface area contributed by atoms with E-state index in [0.29, 0.717) is 16.6 Å². The van der Waals surface area contributed by atoms with Crippen molar-refractivity contribution in [2.75, 3.05) is 19.5 Å². The number of benzene rings is 1. The number of para-hydroxylation sites is 2. The molecule has 1 fully saturated rings. The van der Waals surface area contributed by atoms with Gasteiger partial charge in [0.05, 0.1) is 12.5 Å². The van der Waals surface area contributed by atoms with Crippen LogP contribution in [0.1, 0.15) is 18.7 Å². The number of aromatic nitrogens is 3. The van der Waals surface area contributed by atoms with Crippen LogP contribution in [0.15, 0.2) is 41.5 Å². The average molecular weight is 565 g/mol. The van der Waals surface area contributed by atoms with Crippen LogP contribution in [0.3, 0.4) is 0 Å². The van der Waals surface area contributed by atoms with E-state index in [1.54, 1.807) is 18.2 Å². The first-order chi connectivity index (χ1) is 18.1. The number of ether oxygens (including phenoxy) is 3. The Morgan fingerprint density at radius 2 is 2.03 bits per heavy atom. The van der Waals surface area contributed by atoms with E-state index < -0.39 is 44.7 Å². The van der Waals surface area contributed by atoms with E-state index in [2.05, 4.69) is 19.4 Å². The van der Waals surface area contributed by atoms with Gasteiger partial charge in [0.1, 0.15) is 47.7 Å². The summed E-state index contributed by atoms with van der Waals surface area (Å²) in [5, 5.41) is 21.9. The molecule has 202 valence electrons. The number of hydrogen-bond acceptors (Lipinski definition) is 13. The van der Waals surface area contributed by atoms with E-state index in [1.807, 2.05) is 0 Å². The van der Waals surface area contributed by atoms with Crippen LogP contribution in [0.4, 0.5) is 5.82 Å². The lowest BCUT2D eigenvalue weighted by Crippen LogP contribution is -2.34. The van der Waals surface area contributed by atoms with Gasteiger partial charge in [-0.3, -0.25) is 4.52 Å². The van der Waals surface area contributed by atoms with Gasteiger partial charge >= 0.3 is 14.1 Å². The van der Waals surface area contributed by atoms with Gasteiger partial charge in [0, 0.05) is 11.8 Å². The van der Waals surface area contributed by atoms with Gasteiger partial charge in [0.2, 0.25) is 5.75 Å². The van der Waals surface area contributed by atoms with Gasteiger partial charge in [-0.05, 0) is 19.1 Å². The number of nitrogens with two attached hydrogens (primary N) is 2. The van der Waals surface area contributed by atoms with Crippen LogP contribution in [-0.2, 0) is 14.3 Å². The minimum atomic E-state index is -2.62. The summed E-state index contributed by atoms with van der Waals surface area (Å²) < 4.78 is 26.8. The number of methoxy groups -OCH3 is 1. The Balaban J connectivity index is 1.51. The fourth-order valence-electron chi connectivity index (χ4n) is 3.87. The number of hydrogen-bond donors (Lipinski definition) is 4. The van der Waals surface area contributed by atoms with Crippen molar-refractivity contribution in [3.63, 3.8) is 0 Å². The fraction of sp³-hybridized carbons (Fsp3) is 0.364. The van der Waals surface area contributed by atoms with Crippen LogP contribution < -0.4 is 25.6 Å². The molecule has 3 unspecified atom stereocenters. The molecule has 16 heteroatoms. The lowest BCUT2D eigenvalue weighted by Gasteiger charge is -2.17. The van der Waals surface area contributed by atoms with Gasteiger partial charge in [-0.25, -0.2) is 14.8 Å². The molecule has 6 atom stereocenters. The van der Waals surface area contributed by atoms with E-state index in [1.165, 1.54) is 37.2 Å². The summed E-state index contributed by atoms with van der Waals surface area (Å²) in [7, 11) is -1.43. The first kappa shape index (κ1) is 27.6. The molecule has 0 bridgehead atoms. The molecule has 1 aromatic carbocycles. The largest absolute Gasteiger partial charge is 0.575 e. The SMILES string of the molecule is COC(=O)[C@H](C)/N=[P+](\[O-])Oc1ccccc1OCC1O[C@@H](n2cc(C(N)=S)c3c(N)ncnc32)[C@H](O)C1O. The smallest absolute Gasteiger partial charge is 0.395 e. The van der Waals surface area contributed by atoms with Crippen molar-refractivity contribution in [1.29, 1.82) is 0 Å². The first-order valence-corrected chi connectivity index (χ1v) is 12.7. The molecule has 1 aliphatic rings. The molecule has 4 rings (SSSR count). The standard InChI is InChI=1S/C22H25N6O8PS/c1-10(22(31)33-2)27-37(32)36-13-6-4-3-5-12(13)34-8-14-16(29)17(30)21(35-14)28-7-11(19(24)38)15-18(23)25-9-26-20(15)28/h3-7,9-10,14,16-17,21,29-30H,8H2,1-2H3,(H2,24,38)(H2,23,25,26)/t10-,14?,16?,17+,21+/m0/s1. The Morgan fingerprint density at radius 1 is 1.32 bits per heavy atom. The molecule has 1 saturated heterocycles. The maximum absolute atomic E-state index is 12.3. The molecular weight excluding hydrogens is 539 g/mol. The van der Waals surface area contributed by atoms with Crippen molar-refractivity contribution in [2.24, 2.45) is 10.5 Å². The number of carbonyl (C=O) groups is 1. The first-order valence-electron chi connectivity index (χ1n) is 11.2. The third-order valence-corrected chi connectivity index (χ3v) is 6.86. The summed E-state index contributed by atoms with van der Waals surface area (Å²) in [6, 6.07) is 5.33. The van der Waals surface area contributed by atoms with E-state index >= 15 is 0 Å². The number of carbonyl (C=O) groups excluding carboxylic acids is 1. The molecule has 14 nitrogen and oxygen atoms in total. The van der Waals surface area contributed by atoms with Crippen molar-refractivity contribution in [3.05, 3.63) is 42.4 Å². The molecule has 1 aliphatic heterocycles. The maximum atomic E-state index is 12.3. The van der Waals surface area contributed by atoms with Crippen molar-refractivity contribution in [2.45, 2.75) is 37.5 Å². The van der Waals surface area contributed by atoms with Gasteiger partial charge in [-0.15, -0.1) is 0 Å². The minimum Gasteiger partial charge on any atom is -0.575 e. The molecule has 0 spiro atoms. The van der Waals surface area contributed by atoms with E-state index in [0.717, 1.165) is 0 Å². The zero-order valence-electron chi connectivity index (χ0n) is 20.2. The number of rotatable bonds is 9. The molecule has 0 amide bonds. The highest BCUT2D eigenvalue weighted by Gasteiger charge is 2.45. The molecule has 6 N–H and O–H groups in total. The van der Waals surface area contributed by atoms with Crippen LogP contribution in [0, 0.1) is 0 Å². The molecule has 2 aromatic heterocycles. The lowest BCUT2D eigenvalue weighted by molar-refractivity contribution is -0.169. The normalized spacial score (nSPS) is 22.3. The lowest BCUT2D eigenvalue weighted by atomic mass is 10.1. The molecule has 0 radical (unpaired) electrons. The van der Waals surface area contributed by atoms with Crippen molar-refractivity contribution in [1.82, 2.24) is 14.5 Å². The highest BCUT2D eigenvalue weighted by atomic mass is 32.1. The molecular formula is C22H25N6O8PS. The van der Waals surface area contributed by atoms with Gasteiger partial charge in [-0.2, -0.15) is 0 Å². The van der Waals surface area contributed by atoms with E-state index in [9.17, 15) is 19.9 Å². The third-order valence-electron chi connectivity index (χ3n) is 5.75. The monoisotopic (exact) mass is 564 g/mol. The molecule has 0 saturated carbocycles. The summed E-state index contributed by atoms with van der Waals surface area (Å²) in [5.74, 6) is -0.254. The van der Waals surface area contributed by atoms with E-state index in [4.69, 9.17) is 37.7 Å². The van der Waals surface area contributed by atoms with Crippen LogP contribution in [0.2, 0.25) is 0 Å². The zero-order valence-corrected chi connectivity index (χ0v) is 21.9. The number of nitrogens with zero attached hydrogens (tertiary/aromatic N) is 4. The summed E-state index contributed by atoms with van der Waals surface area (Å²) in [5.41, 5.74) is 12.5. The highest BCUT2D eigenvalue weighted by Crippen LogP contribution is 2.37. The van der Waals surface area contributed by atoms with Crippen LogP contribution in [0.25, 0.3) is 11.0 Å². The molecule has 0 aliphatic carbocycles. The number of esters is 1. The van der Waals surface area contributed by atoms with Gasteiger partial charge in [0.15, 0.2) is 18.0 Å². The Hall–Kier alpha value is -3.46. The second-order valence-corrected chi connectivity index (χ2v) is 9.55. The summed E-state index contributed by atoms with van der Waals surface area (Å²) in [6.45, 7) is 1.21. The average Bonchev–Trinajstić information content (AvgIpc) is 3.41. The topological polar surface area (TPSA) is 213 Å². The Labute approximate surface area is 222 Å². The van der Waals surface area contributed by atoms with Gasteiger partial charge < -0.3 is 45.4 Å². The van der Waals surface area contributed by atoms with Crippen LogP contribution >= 0.6 is 20.4 Å². The van der Waals surface area contributed by atoms with Crippen molar-refractivity contribution < 1.29 is 38.6 Å². The minimum absolute atomic E-state index is 0.0471. The number of aliphatic hydroxyl groups is 2. The summed E-state index contributed by atoms with van der Waals surface area (Å²) >= 11 is 5.11. The molecule has 3 aromatic rings. The number of aliphatic hydroxyl groups excluding tert-OH is 2. The number of fused-ring (bicyclic) bond motifs is 1. The zero-order chi connectivity index (χ0) is 27.6. The molecule has 3 heterocycles. The Kier molecular flexibility index (Phi) is 8.35. The van der Waals surface area contributed by atoms with Crippen LogP contribution in [-0.4, -0.2) is 73.8 Å². The molecule has 38 heavy (non-hydrogen) atoms. The number of anilines is 1. The second kappa shape index (κ2) is 11.5. The predicted molar refractivity (Wildman–Crippen MR) is 137 cm³/mol. The van der Waals surface area contributed by atoms with E-state index in [-0.39, 0.29) is 28.9 Å². The van der Waals surface area contributed by atoms with Crippen LogP contribution in [0.5, 0.6) is 11.5 Å². The van der Waals surface area contributed by atoms with Gasteiger partial charge in [0.25, 0.3) is 0 Å².